The number of esters is 1. The number of hydrogen-bond acceptors (Lipinski definition) is 4. The van der Waals surface area contributed by atoms with Crippen molar-refractivity contribution in [1.29, 1.82) is 0 Å². The van der Waals surface area contributed by atoms with Crippen molar-refractivity contribution in [3.8, 4) is 0 Å². The van der Waals surface area contributed by atoms with Crippen LogP contribution in [0.4, 0.5) is 0 Å². The Balaban J connectivity index is 3.04. The van der Waals surface area contributed by atoms with E-state index in [4.69, 9.17) is 22.1 Å². The van der Waals surface area contributed by atoms with Crippen LogP contribution < -0.4 is 5.73 Å². The minimum Gasteiger partial charge on any atom is -0.464 e. The molecule has 0 spiro atoms. The SMILES string of the molecule is CCOC(=O)[C@](O)(CN)c1ccc(Cl)cc1. The Morgan fingerprint density at radius 2 is 2.06 bits per heavy atom. The molecule has 0 saturated carbocycles. The van der Waals surface area contributed by atoms with Gasteiger partial charge in [0.2, 0.25) is 0 Å². The van der Waals surface area contributed by atoms with Gasteiger partial charge < -0.3 is 15.6 Å². The topological polar surface area (TPSA) is 72.5 Å². The molecule has 0 aliphatic rings. The molecule has 88 valence electrons. The number of ether oxygens (including phenoxy) is 1. The summed E-state index contributed by atoms with van der Waals surface area (Å²) < 4.78 is 4.78. The fraction of sp³-hybridized carbons (Fsp3) is 0.364. The number of nitrogens with two attached hydrogens (primary N) is 1. The van der Waals surface area contributed by atoms with Crippen LogP contribution in [0.25, 0.3) is 0 Å². The number of benzene rings is 1. The van der Waals surface area contributed by atoms with Gasteiger partial charge in [0.15, 0.2) is 5.60 Å². The smallest absolute Gasteiger partial charge is 0.344 e. The summed E-state index contributed by atoms with van der Waals surface area (Å²) in [7, 11) is 0. The van der Waals surface area contributed by atoms with Crippen molar-refractivity contribution in [3.63, 3.8) is 0 Å². The molecule has 0 aliphatic heterocycles. The summed E-state index contributed by atoms with van der Waals surface area (Å²) in [6.07, 6.45) is 0. The van der Waals surface area contributed by atoms with Crippen LogP contribution in [0.2, 0.25) is 5.02 Å². The fourth-order valence-electron chi connectivity index (χ4n) is 1.30. The Hall–Kier alpha value is -1.10. The molecular formula is C11H14ClNO3. The van der Waals surface area contributed by atoms with E-state index < -0.39 is 11.6 Å². The molecule has 16 heavy (non-hydrogen) atoms. The Bertz CT molecular complexity index is 366. The summed E-state index contributed by atoms with van der Waals surface area (Å²) >= 11 is 5.72. The quantitative estimate of drug-likeness (QED) is 0.776. The second-order valence-electron chi connectivity index (χ2n) is 3.29. The van der Waals surface area contributed by atoms with E-state index in [1.54, 1.807) is 31.2 Å². The van der Waals surface area contributed by atoms with E-state index in [9.17, 15) is 9.90 Å². The van der Waals surface area contributed by atoms with Crippen molar-refractivity contribution < 1.29 is 14.6 Å². The second kappa shape index (κ2) is 5.30. The van der Waals surface area contributed by atoms with Crippen molar-refractivity contribution in [2.75, 3.05) is 13.2 Å². The minimum atomic E-state index is -1.80. The van der Waals surface area contributed by atoms with Crippen molar-refractivity contribution in [3.05, 3.63) is 34.9 Å². The van der Waals surface area contributed by atoms with Gasteiger partial charge in [0.25, 0.3) is 0 Å². The lowest BCUT2D eigenvalue weighted by atomic mass is 9.94. The molecule has 0 aliphatic carbocycles. The molecule has 3 N–H and O–H groups in total. The first-order valence-electron chi connectivity index (χ1n) is 4.90. The highest BCUT2D eigenvalue weighted by Gasteiger charge is 2.38. The Morgan fingerprint density at radius 1 is 1.50 bits per heavy atom. The maximum absolute atomic E-state index is 11.6. The molecule has 1 aromatic carbocycles. The maximum Gasteiger partial charge on any atom is 0.344 e. The molecule has 5 heteroatoms. The first kappa shape index (κ1) is 13.0. The monoisotopic (exact) mass is 243 g/mol. The van der Waals surface area contributed by atoms with Gasteiger partial charge >= 0.3 is 5.97 Å². The summed E-state index contributed by atoms with van der Waals surface area (Å²) in [5.74, 6) is -0.750. The maximum atomic E-state index is 11.6. The van der Waals surface area contributed by atoms with E-state index >= 15 is 0 Å². The molecule has 0 fully saturated rings. The van der Waals surface area contributed by atoms with Crippen molar-refractivity contribution >= 4 is 17.6 Å². The van der Waals surface area contributed by atoms with Crippen molar-refractivity contribution in [2.24, 2.45) is 5.73 Å². The summed E-state index contributed by atoms with van der Waals surface area (Å²) in [5.41, 5.74) is 3.99. The number of carbonyl (C=O) groups excluding carboxylic acids is 1. The summed E-state index contributed by atoms with van der Waals surface area (Å²) in [5, 5.41) is 10.7. The van der Waals surface area contributed by atoms with Crippen LogP contribution in [0.15, 0.2) is 24.3 Å². The molecular weight excluding hydrogens is 230 g/mol. The Kier molecular flexibility index (Phi) is 4.29. The predicted octanol–water partition coefficient (Wildman–Crippen LogP) is 1.05. The highest BCUT2D eigenvalue weighted by atomic mass is 35.5. The van der Waals surface area contributed by atoms with E-state index in [1.807, 2.05) is 0 Å². The number of carbonyl (C=O) groups is 1. The van der Waals surface area contributed by atoms with Crippen molar-refractivity contribution in [2.45, 2.75) is 12.5 Å². The largest absolute Gasteiger partial charge is 0.464 e. The van der Waals surface area contributed by atoms with Gasteiger partial charge in [-0.05, 0) is 24.6 Å². The van der Waals surface area contributed by atoms with Crippen LogP contribution in [0.5, 0.6) is 0 Å². The van der Waals surface area contributed by atoms with Gasteiger partial charge in [0, 0.05) is 11.6 Å². The third-order valence-corrected chi connectivity index (χ3v) is 2.48. The first-order chi connectivity index (χ1) is 7.54. The zero-order valence-corrected chi connectivity index (χ0v) is 9.70. The number of hydrogen-bond donors (Lipinski definition) is 2. The zero-order chi connectivity index (χ0) is 12.2. The van der Waals surface area contributed by atoms with Crippen LogP contribution in [0, 0.1) is 0 Å². The van der Waals surface area contributed by atoms with Gasteiger partial charge in [-0.2, -0.15) is 0 Å². The molecule has 0 saturated heterocycles. The van der Waals surface area contributed by atoms with Crippen LogP contribution in [-0.2, 0) is 15.1 Å². The van der Waals surface area contributed by atoms with Gasteiger partial charge in [-0.3, -0.25) is 0 Å². The van der Waals surface area contributed by atoms with E-state index in [0.29, 0.717) is 10.6 Å². The summed E-state index contributed by atoms with van der Waals surface area (Å²) in [4.78, 5) is 11.6. The van der Waals surface area contributed by atoms with E-state index in [1.165, 1.54) is 0 Å². The van der Waals surface area contributed by atoms with E-state index in [-0.39, 0.29) is 13.2 Å². The predicted molar refractivity (Wildman–Crippen MR) is 61.0 cm³/mol. The molecule has 1 rings (SSSR count). The van der Waals surface area contributed by atoms with E-state index in [2.05, 4.69) is 0 Å². The lowest BCUT2D eigenvalue weighted by Gasteiger charge is -2.24. The van der Waals surface area contributed by atoms with E-state index in [0.717, 1.165) is 0 Å². The highest BCUT2D eigenvalue weighted by molar-refractivity contribution is 6.30. The molecule has 0 amide bonds. The lowest BCUT2D eigenvalue weighted by molar-refractivity contribution is -0.165. The van der Waals surface area contributed by atoms with Crippen LogP contribution in [0.1, 0.15) is 12.5 Å². The molecule has 1 aromatic rings. The molecule has 1 atom stereocenters. The zero-order valence-electron chi connectivity index (χ0n) is 8.94. The van der Waals surface area contributed by atoms with Gasteiger partial charge in [-0.25, -0.2) is 4.79 Å². The number of aliphatic hydroxyl groups is 1. The normalized spacial score (nSPS) is 14.2. The molecule has 4 nitrogen and oxygen atoms in total. The number of halogens is 1. The standard InChI is InChI=1S/C11H14ClNO3/c1-2-16-10(14)11(15,7-13)8-3-5-9(12)6-4-8/h3-6,15H,2,7,13H2,1H3/t11-/m0/s1. The summed E-state index contributed by atoms with van der Waals surface area (Å²) in [6.45, 7) is 1.61. The molecule has 0 heterocycles. The Morgan fingerprint density at radius 3 is 2.50 bits per heavy atom. The third kappa shape index (κ3) is 2.52. The Labute approximate surface area is 99.0 Å². The number of rotatable bonds is 4. The minimum absolute atomic E-state index is 0.189. The van der Waals surface area contributed by atoms with Crippen LogP contribution in [-0.4, -0.2) is 24.2 Å². The average Bonchev–Trinajstić information content (AvgIpc) is 2.29. The molecule has 0 bridgehead atoms. The molecule has 0 unspecified atom stereocenters. The van der Waals surface area contributed by atoms with Gasteiger partial charge in [-0.15, -0.1) is 0 Å². The molecule has 0 aromatic heterocycles. The van der Waals surface area contributed by atoms with Gasteiger partial charge in [0.1, 0.15) is 0 Å². The fourth-order valence-corrected chi connectivity index (χ4v) is 1.42. The summed E-state index contributed by atoms with van der Waals surface area (Å²) in [6, 6.07) is 6.26. The van der Waals surface area contributed by atoms with Gasteiger partial charge in [-0.1, -0.05) is 23.7 Å². The lowest BCUT2D eigenvalue weighted by Crippen LogP contribution is -2.44. The average molecular weight is 244 g/mol. The first-order valence-corrected chi connectivity index (χ1v) is 5.28. The molecule has 0 radical (unpaired) electrons. The highest BCUT2D eigenvalue weighted by Crippen LogP contribution is 2.23. The van der Waals surface area contributed by atoms with Crippen molar-refractivity contribution in [1.82, 2.24) is 0 Å². The van der Waals surface area contributed by atoms with Gasteiger partial charge in [0.05, 0.1) is 6.61 Å². The van der Waals surface area contributed by atoms with Crippen LogP contribution in [0.3, 0.4) is 0 Å². The second-order valence-corrected chi connectivity index (χ2v) is 3.73. The van der Waals surface area contributed by atoms with Crippen LogP contribution >= 0.6 is 11.6 Å². The third-order valence-electron chi connectivity index (χ3n) is 2.23.